The van der Waals surface area contributed by atoms with Gasteiger partial charge in [0.2, 0.25) is 5.91 Å². The van der Waals surface area contributed by atoms with E-state index in [1.807, 2.05) is 5.38 Å². The molecule has 1 amide bonds. The number of hydrogen-bond acceptors (Lipinski definition) is 6. The van der Waals surface area contributed by atoms with Gasteiger partial charge in [-0.3, -0.25) is 14.2 Å². The number of fused-ring (bicyclic) bond motifs is 1. The van der Waals surface area contributed by atoms with E-state index >= 15 is 0 Å². The van der Waals surface area contributed by atoms with Crippen LogP contribution in [0.1, 0.15) is 12.7 Å². The lowest BCUT2D eigenvalue weighted by molar-refractivity contribution is -0.120. The van der Waals surface area contributed by atoms with Gasteiger partial charge in [-0.1, -0.05) is 23.9 Å². The number of furan rings is 1. The zero-order chi connectivity index (χ0) is 21.3. The Kier molecular flexibility index (Phi) is 5.74. The molecule has 0 saturated carbocycles. The third kappa shape index (κ3) is 4.03. The summed E-state index contributed by atoms with van der Waals surface area (Å²) in [6.07, 6.45) is 1.55. The van der Waals surface area contributed by atoms with E-state index in [-0.39, 0.29) is 17.3 Å². The van der Waals surface area contributed by atoms with Gasteiger partial charge in [-0.2, -0.15) is 0 Å². The Labute approximate surface area is 179 Å². The number of rotatable bonds is 6. The Balaban J connectivity index is 1.58. The lowest BCUT2D eigenvalue weighted by atomic mass is 10.1. The normalized spacial score (nSPS) is 12.2. The summed E-state index contributed by atoms with van der Waals surface area (Å²) in [4.78, 5) is 30.6. The summed E-state index contributed by atoms with van der Waals surface area (Å²) in [5.74, 6) is 0.158. The highest BCUT2D eigenvalue weighted by atomic mass is 32.2. The van der Waals surface area contributed by atoms with Crippen LogP contribution in [-0.2, 0) is 18.4 Å². The molecular formula is C21H18FN3O3S2. The minimum atomic E-state index is -0.452. The molecule has 0 spiro atoms. The largest absolute Gasteiger partial charge is 0.467 e. The summed E-state index contributed by atoms with van der Waals surface area (Å²) in [7, 11) is 1.64. The Morgan fingerprint density at radius 2 is 2.10 bits per heavy atom. The number of nitrogens with one attached hydrogen (secondary N) is 1. The summed E-state index contributed by atoms with van der Waals surface area (Å²) in [6.45, 7) is 2.06. The number of hydrogen-bond donors (Lipinski definition) is 1. The summed E-state index contributed by atoms with van der Waals surface area (Å²) in [5, 5.41) is 5.16. The van der Waals surface area contributed by atoms with Crippen molar-refractivity contribution in [2.45, 2.75) is 23.9 Å². The molecule has 0 unspecified atom stereocenters. The first-order valence-electron chi connectivity index (χ1n) is 9.15. The summed E-state index contributed by atoms with van der Waals surface area (Å²) < 4.78 is 19.9. The number of halogens is 1. The van der Waals surface area contributed by atoms with Crippen molar-refractivity contribution in [3.8, 4) is 11.1 Å². The molecule has 4 rings (SSSR count). The van der Waals surface area contributed by atoms with Crippen LogP contribution >= 0.6 is 23.1 Å². The van der Waals surface area contributed by atoms with Crippen LogP contribution in [0.25, 0.3) is 21.3 Å². The monoisotopic (exact) mass is 443 g/mol. The van der Waals surface area contributed by atoms with Gasteiger partial charge in [0.25, 0.3) is 5.56 Å². The minimum absolute atomic E-state index is 0.177. The molecule has 0 aliphatic heterocycles. The first kappa shape index (κ1) is 20.4. The standard InChI is InChI=1S/C21H18FN3O3S2/c1-12(18(26)23-10-15-4-3-9-28-15)30-21-24-19-17(20(27)25(21)2)16(11-29-19)13-5-7-14(22)8-6-13/h3-9,11-12H,10H2,1-2H3,(H,23,26)/t12-/m0/s1. The molecule has 3 aromatic heterocycles. The zero-order valence-electron chi connectivity index (χ0n) is 16.2. The van der Waals surface area contributed by atoms with Crippen LogP contribution in [0.3, 0.4) is 0 Å². The highest BCUT2D eigenvalue weighted by Gasteiger charge is 2.20. The smallest absolute Gasteiger partial charge is 0.263 e. The molecular weight excluding hydrogens is 425 g/mol. The molecule has 6 nitrogen and oxygen atoms in total. The fourth-order valence-corrected chi connectivity index (χ4v) is 4.83. The van der Waals surface area contributed by atoms with Crippen LogP contribution in [0, 0.1) is 5.82 Å². The molecule has 0 saturated heterocycles. The number of carbonyl (C=O) groups is 1. The van der Waals surface area contributed by atoms with E-state index in [0.717, 1.165) is 11.1 Å². The minimum Gasteiger partial charge on any atom is -0.467 e. The van der Waals surface area contributed by atoms with E-state index < -0.39 is 5.25 Å². The van der Waals surface area contributed by atoms with Crippen molar-refractivity contribution in [1.82, 2.24) is 14.9 Å². The maximum Gasteiger partial charge on any atom is 0.263 e. The molecule has 0 aliphatic rings. The van der Waals surface area contributed by atoms with E-state index in [1.54, 1.807) is 44.5 Å². The second kappa shape index (κ2) is 8.45. The van der Waals surface area contributed by atoms with Gasteiger partial charge in [0.1, 0.15) is 16.4 Å². The summed E-state index contributed by atoms with van der Waals surface area (Å²) >= 11 is 2.57. The van der Waals surface area contributed by atoms with Gasteiger partial charge >= 0.3 is 0 Å². The van der Waals surface area contributed by atoms with Gasteiger partial charge in [0, 0.05) is 18.0 Å². The second-order valence-corrected chi connectivity index (χ2v) is 8.82. The van der Waals surface area contributed by atoms with Crippen LogP contribution in [0.2, 0.25) is 0 Å². The first-order chi connectivity index (χ1) is 14.4. The molecule has 0 aliphatic carbocycles. The topological polar surface area (TPSA) is 77.1 Å². The van der Waals surface area contributed by atoms with E-state index in [1.165, 1.54) is 39.8 Å². The average Bonchev–Trinajstić information content (AvgIpc) is 3.40. The predicted octanol–water partition coefficient (Wildman–Crippen LogP) is 4.19. The van der Waals surface area contributed by atoms with Crippen LogP contribution in [-0.4, -0.2) is 20.7 Å². The number of benzene rings is 1. The summed E-state index contributed by atoms with van der Waals surface area (Å²) in [6, 6.07) is 9.56. The molecule has 0 fully saturated rings. The van der Waals surface area contributed by atoms with Crippen molar-refractivity contribution in [3.63, 3.8) is 0 Å². The van der Waals surface area contributed by atoms with Gasteiger partial charge in [0.05, 0.1) is 23.4 Å². The van der Waals surface area contributed by atoms with Crippen LogP contribution in [0.4, 0.5) is 4.39 Å². The van der Waals surface area contributed by atoms with E-state index in [9.17, 15) is 14.0 Å². The third-order valence-corrected chi connectivity index (χ3v) is 6.61. The van der Waals surface area contributed by atoms with Gasteiger partial charge in [-0.15, -0.1) is 11.3 Å². The highest BCUT2D eigenvalue weighted by Crippen LogP contribution is 2.32. The Bertz CT molecular complexity index is 1250. The fourth-order valence-electron chi connectivity index (χ4n) is 2.94. The molecule has 154 valence electrons. The van der Waals surface area contributed by atoms with E-state index in [4.69, 9.17) is 4.42 Å². The Morgan fingerprint density at radius 1 is 1.33 bits per heavy atom. The molecule has 9 heteroatoms. The van der Waals surface area contributed by atoms with Crippen molar-refractivity contribution in [1.29, 1.82) is 0 Å². The van der Waals surface area contributed by atoms with Gasteiger partial charge in [-0.05, 0) is 36.8 Å². The first-order valence-corrected chi connectivity index (χ1v) is 10.9. The number of amides is 1. The average molecular weight is 444 g/mol. The number of thiophene rings is 1. The molecule has 1 atom stereocenters. The quantitative estimate of drug-likeness (QED) is 0.357. The highest BCUT2D eigenvalue weighted by molar-refractivity contribution is 8.00. The second-order valence-electron chi connectivity index (χ2n) is 6.65. The van der Waals surface area contributed by atoms with Crippen LogP contribution in [0.15, 0.2) is 62.4 Å². The molecule has 3 heterocycles. The van der Waals surface area contributed by atoms with E-state index in [2.05, 4.69) is 10.3 Å². The number of carbonyl (C=O) groups excluding carboxylic acids is 1. The molecule has 4 aromatic rings. The number of thioether (sulfide) groups is 1. The fraction of sp³-hybridized carbons (Fsp3) is 0.190. The number of nitrogens with zero attached hydrogens (tertiary/aromatic N) is 2. The molecule has 1 N–H and O–H groups in total. The predicted molar refractivity (Wildman–Crippen MR) is 116 cm³/mol. The van der Waals surface area contributed by atoms with Crippen molar-refractivity contribution >= 4 is 39.2 Å². The van der Waals surface area contributed by atoms with Crippen molar-refractivity contribution < 1.29 is 13.6 Å². The van der Waals surface area contributed by atoms with Crippen LogP contribution in [0.5, 0.6) is 0 Å². The lowest BCUT2D eigenvalue weighted by Gasteiger charge is -2.13. The molecule has 0 radical (unpaired) electrons. The molecule has 30 heavy (non-hydrogen) atoms. The van der Waals surface area contributed by atoms with Gasteiger partial charge in [-0.25, -0.2) is 9.37 Å². The third-order valence-electron chi connectivity index (χ3n) is 4.60. The van der Waals surface area contributed by atoms with Crippen LogP contribution < -0.4 is 10.9 Å². The van der Waals surface area contributed by atoms with Crippen molar-refractivity contribution in [3.05, 3.63) is 70.0 Å². The van der Waals surface area contributed by atoms with E-state index in [0.29, 0.717) is 27.7 Å². The van der Waals surface area contributed by atoms with Crippen molar-refractivity contribution in [2.75, 3.05) is 0 Å². The van der Waals surface area contributed by atoms with Gasteiger partial charge in [0.15, 0.2) is 5.16 Å². The lowest BCUT2D eigenvalue weighted by Crippen LogP contribution is -2.31. The number of aromatic nitrogens is 2. The molecule has 0 bridgehead atoms. The summed E-state index contributed by atoms with van der Waals surface area (Å²) in [5.41, 5.74) is 1.28. The Morgan fingerprint density at radius 3 is 2.80 bits per heavy atom. The Hall–Kier alpha value is -2.91. The SMILES string of the molecule is C[C@H](Sc1nc2scc(-c3ccc(F)cc3)c2c(=O)n1C)C(=O)NCc1ccco1. The van der Waals surface area contributed by atoms with Crippen molar-refractivity contribution in [2.24, 2.45) is 7.05 Å². The van der Waals surface area contributed by atoms with Gasteiger partial charge < -0.3 is 9.73 Å². The zero-order valence-corrected chi connectivity index (χ0v) is 17.8. The maximum absolute atomic E-state index is 13.2. The molecule has 1 aromatic carbocycles. The maximum atomic E-state index is 13.2.